The van der Waals surface area contributed by atoms with E-state index in [0.29, 0.717) is 11.9 Å². The minimum Gasteiger partial charge on any atom is -0.310 e. The van der Waals surface area contributed by atoms with Crippen molar-refractivity contribution in [2.75, 3.05) is 0 Å². The van der Waals surface area contributed by atoms with Crippen molar-refractivity contribution >= 4 is 0 Å². The lowest BCUT2D eigenvalue weighted by molar-refractivity contribution is 0.240. The van der Waals surface area contributed by atoms with Crippen LogP contribution >= 0.6 is 0 Å². The molecule has 1 aromatic heterocycles. The molecule has 1 aliphatic rings. The van der Waals surface area contributed by atoms with Crippen molar-refractivity contribution in [1.82, 2.24) is 15.3 Å². The average Bonchev–Trinajstić information content (AvgIpc) is 2.38. The van der Waals surface area contributed by atoms with Gasteiger partial charge in [-0.25, -0.2) is 4.98 Å². The molecule has 2 rings (SSSR count). The molecule has 3 atom stereocenters. The van der Waals surface area contributed by atoms with E-state index in [9.17, 15) is 4.79 Å². The molecule has 0 spiro atoms. The van der Waals surface area contributed by atoms with E-state index in [-0.39, 0.29) is 11.6 Å². The van der Waals surface area contributed by atoms with E-state index in [1.54, 1.807) is 0 Å². The summed E-state index contributed by atoms with van der Waals surface area (Å²) in [6, 6.07) is 0.591. The van der Waals surface area contributed by atoms with E-state index in [2.05, 4.69) is 29.1 Å². The molecular formula is C16H27N3O. The maximum absolute atomic E-state index is 12.2. The van der Waals surface area contributed by atoms with Crippen LogP contribution < -0.4 is 10.9 Å². The molecule has 4 heteroatoms. The van der Waals surface area contributed by atoms with E-state index < -0.39 is 0 Å². The van der Waals surface area contributed by atoms with Gasteiger partial charge in [-0.15, -0.1) is 0 Å². The number of rotatable bonds is 4. The molecule has 0 bridgehead atoms. The molecule has 0 aromatic carbocycles. The van der Waals surface area contributed by atoms with E-state index in [1.165, 1.54) is 32.1 Å². The lowest BCUT2D eigenvalue weighted by atomic mass is 9.82. The Morgan fingerprint density at radius 2 is 2.05 bits per heavy atom. The first-order chi connectivity index (χ1) is 9.52. The van der Waals surface area contributed by atoms with Crippen LogP contribution in [0.1, 0.15) is 69.1 Å². The Morgan fingerprint density at radius 1 is 1.35 bits per heavy atom. The first-order valence-electron chi connectivity index (χ1n) is 7.86. The van der Waals surface area contributed by atoms with Gasteiger partial charge >= 0.3 is 0 Å². The third-order valence-corrected chi connectivity index (χ3v) is 4.59. The molecule has 3 unspecified atom stereocenters. The molecule has 0 amide bonds. The summed E-state index contributed by atoms with van der Waals surface area (Å²) in [5.74, 6) is 1.43. The first kappa shape index (κ1) is 15.2. The lowest BCUT2D eigenvalue weighted by Crippen LogP contribution is -2.41. The quantitative estimate of drug-likeness (QED) is 0.889. The largest absolute Gasteiger partial charge is 0.310 e. The molecule has 4 nitrogen and oxygen atoms in total. The second kappa shape index (κ2) is 6.53. The molecule has 112 valence electrons. The summed E-state index contributed by atoms with van der Waals surface area (Å²) in [5, 5.41) is 3.68. The minimum absolute atomic E-state index is 0.00106. The first-order valence-corrected chi connectivity index (χ1v) is 7.86. The van der Waals surface area contributed by atoms with Gasteiger partial charge in [0.05, 0.1) is 5.56 Å². The van der Waals surface area contributed by atoms with Crippen LogP contribution in [0, 0.1) is 19.8 Å². The fourth-order valence-electron chi connectivity index (χ4n) is 3.57. The highest BCUT2D eigenvalue weighted by Gasteiger charge is 2.26. The van der Waals surface area contributed by atoms with Crippen LogP contribution in [-0.2, 0) is 0 Å². The van der Waals surface area contributed by atoms with Gasteiger partial charge in [-0.3, -0.25) is 4.79 Å². The van der Waals surface area contributed by atoms with Crippen molar-refractivity contribution in [1.29, 1.82) is 0 Å². The summed E-state index contributed by atoms with van der Waals surface area (Å²) < 4.78 is 0. The molecule has 0 aliphatic heterocycles. The van der Waals surface area contributed by atoms with Gasteiger partial charge < -0.3 is 10.3 Å². The summed E-state index contributed by atoms with van der Waals surface area (Å²) in [4.78, 5) is 19.4. The minimum atomic E-state index is -0.00106. The van der Waals surface area contributed by atoms with Crippen molar-refractivity contribution in [2.24, 2.45) is 5.92 Å². The van der Waals surface area contributed by atoms with Crippen LogP contribution in [0.15, 0.2) is 4.79 Å². The van der Waals surface area contributed by atoms with Gasteiger partial charge in [0.1, 0.15) is 5.82 Å². The zero-order valence-corrected chi connectivity index (χ0v) is 13.1. The number of H-pyrrole nitrogens is 1. The van der Waals surface area contributed by atoms with Gasteiger partial charge in [-0.2, -0.15) is 0 Å². The van der Waals surface area contributed by atoms with E-state index in [0.717, 1.165) is 17.2 Å². The van der Waals surface area contributed by atoms with Crippen LogP contribution in [0.3, 0.4) is 0 Å². The number of hydrogen-bond acceptors (Lipinski definition) is 3. The Kier molecular flexibility index (Phi) is 4.97. The van der Waals surface area contributed by atoms with Gasteiger partial charge in [0.2, 0.25) is 0 Å². The van der Waals surface area contributed by atoms with Gasteiger partial charge in [-0.1, -0.05) is 26.2 Å². The topological polar surface area (TPSA) is 57.8 Å². The molecule has 1 saturated carbocycles. The molecule has 1 aliphatic carbocycles. The van der Waals surface area contributed by atoms with Crippen LogP contribution in [0.2, 0.25) is 0 Å². The summed E-state index contributed by atoms with van der Waals surface area (Å²) >= 11 is 0. The van der Waals surface area contributed by atoms with Crippen LogP contribution in [0.4, 0.5) is 0 Å². The predicted octanol–water partition coefficient (Wildman–Crippen LogP) is 3.01. The second-order valence-corrected chi connectivity index (χ2v) is 6.10. The van der Waals surface area contributed by atoms with Crippen LogP contribution in [-0.4, -0.2) is 16.0 Å². The fourth-order valence-corrected chi connectivity index (χ4v) is 3.57. The highest BCUT2D eigenvalue weighted by Crippen LogP contribution is 2.28. The molecule has 0 saturated heterocycles. The van der Waals surface area contributed by atoms with Crippen molar-refractivity contribution in [3.63, 3.8) is 0 Å². The maximum atomic E-state index is 12.2. The summed E-state index contributed by atoms with van der Waals surface area (Å²) in [5.41, 5.74) is 1.63. The Morgan fingerprint density at radius 3 is 2.70 bits per heavy atom. The lowest BCUT2D eigenvalue weighted by Gasteiger charge is -2.34. The monoisotopic (exact) mass is 277 g/mol. The molecule has 1 aromatic rings. The smallest absolute Gasteiger partial charge is 0.255 e. The summed E-state index contributed by atoms with van der Waals surface area (Å²) in [6.07, 6.45) is 6.38. The molecule has 20 heavy (non-hydrogen) atoms. The normalized spacial score (nSPS) is 24.6. The highest BCUT2D eigenvalue weighted by molar-refractivity contribution is 5.20. The highest BCUT2D eigenvalue weighted by atomic mass is 16.1. The molecule has 1 fully saturated rings. The summed E-state index contributed by atoms with van der Waals surface area (Å²) in [6.45, 7) is 8.09. The Hall–Kier alpha value is -1.16. The van der Waals surface area contributed by atoms with Gasteiger partial charge in [0.15, 0.2) is 0 Å². The van der Waals surface area contributed by atoms with Gasteiger partial charge in [0.25, 0.3) is 5.56 Å². The Labute approximate surface area is 121 Å². The molecule has 2 N–H and O–H groups in total. The second-order valence-electron chi connectivity index (χ2n) is 6.10. The predicted molar refractivity (Wildman–Crippen MR) is 81.9 cm³/mol. The van der Waals surface area contributed by atoms with Crippen molar-refractivity contribution in [3.8, 4) is 0 Å². The average molecular weight is 277 g/mol. The number of hydrogen-bond donors (Lipinski definition) is 2. The zero-order chi connectivity index (χ0) is 14.7. The van der Waals surface area contributed by atoms with Crippen LogP contribution in [0.25, 0.3) is 0 Å². The van der Waals surface area contributed by atoms with Crippen molar-refractivity contribution in [3.05, 3.63) is 27.4 Å². The third kappa shape index (κ3) is 3.29. The third-order valence-electron chi connectivity index (χ3n) is 4.59. The fraction of sp³-hybridized carbons (Fsp3) is 0.750. The van der Waals surface area contributed by atoms with Crippen LogP contribution in [0.5, 0.6) is 0 Å². The zero-order valence-electron chi connectivity index (χ0n) is 13.1. The standard InChI is InChI=1S/C16H27N3O/c1-5-13-8-6-7-9-14(13)18-11(3)15-10(2)17-12(4)19-16(15)20/h11,13-14,18H,5-9H2,1-4H3,(H,17,19,20). The Bertz CT molecular complexity index is 509. The van der Waals surface area contributed by atoms with Crippen molar-refractivity contribution < 1.29 is 0 Å². The van der Waals surface area contributed by atoms with Gasteiger partial charge in [-0.05, 0) is 39.5 Å². The van der Waals surface area contributed by atoms with Gasteiger partial charge in [0, 0.05) is 17.8 Å². The number of nitrogens with one attached hydrogen (secondary N) is 2. The number of aromatic nitrogens is 2. The number of aromatic amines is 1. The number of nitrogens with zero attached hydrogens (tertiary/aromatic N) is 1. The van der Waals surface area contributed by atoms with Crippen molar-refractivity contribution in [2.45, 2.75) is 71.9 Å². The number of aryl methyl sites for hydroxylation is 2. The maximum Gasteiger partial charge on any atom is 0.255 e. The van der Waals surface area contributed by atoms with E-state index in [4.69, 9.17) is 0 Å². The molecule has 1 heterocycles. The molecular weight excluding hydrogens is 250 g/mol. The SMILES string of the molecule is CCC1CCCCC1NC(C)c1c(C)nc(C)[nH]c1=O. The van der Waals surface area contributed by atoms with E-state index >= 15 is 0 Å². The van der Waals surface area contributed by atoms with E-state index in [1.807, 2.05) is 13.8 Å². The molecule has 0 radical (unpaired) electrons. The summed E-state index contributed by atoms with van der Waals surface area (Å²) in [7, 11) is 0. The Balaban J connectivity index is 2.15.